The van der Waals surface area contributed by atoms with Crippen LogP contribution in [-0.2, 0) is 13.1 Å². The number of hydrogen-bond acceptors (Lipinski definition) is 4. The lowest BCUT2D eigenvalue weighted by Gasteiger charge is -2.11. The van der Waals surface area contributed by atoms with Gasteiger partial charge in [-0.25, -0.2) is 0 Å². The van der Waals surface area contributed by atoms with E-state index in [2.05, 4.69) is 5.10 Å². The van der Waals surface area contributed by atoms with Gasteiger partial charge in [0, 0.05) is 18.9 Å². The summed E-state index contributed by atoms with van der Waals surface area (Å²) in [6.45, 7) is 1.73. The molecule has 1 heterocycles. The maximum absolute atomic E-state index is 5.67. The van der Waals surface area contributed by atoms with E-state index in [1.165, 1.54) is 0 Å². The van der Waals surface area contributed by atoms with Gasteiger partial charge in [0.2, 0.25) is 0 Å². The quantitative estimate of drug-likeness (QED) is 0.838. The molecule has 5 nitrogen and oxygen atoms in total. The molecule has 2 N–H and O–H groups in total. The Morgan fingerprint density at radius 1 is 1.33 bits per heavy atom. The molecule has 0 radical (unpaired) electrons. The Labute approximate surface area is 106 Å². The van der Waals surface area contributed by atoms with E-state index in [1.807, 2.05) is 35.1 Å². The highest BCUT2D eigenvalue weighted by molar-refractivity contribution is 5.42. The molecule has 0 bridgehead atoms. The van der Waals surface area contributed by atoms with E-state index in [0.717, 1.165) is 11.3 Å². The lowest BCUT2D eigenvalue weighted by Crippen LogP contribution is -2.09. The summed E-state index contributed by atoms with van der Waals surface area (Å²) in [5.74, 6) is 1.43. The summed E-state index contributed by atoms with van der Waals surface area (Å²) in [7, 11) is 1.62. The number of methoxy groups -OCH3 is 1. The molecule has 0 saturated heterocycles. The zero-order valence-corrected chi connectivity index (χ0v) is 10.4. The Kier molecular flexibility index (Phi) is 4.20. The lowest BCUT2D eigenvalue weighted by atomic mass is 10.2. The predicted molar refractivity (Wildman–Crippen MR) is 68.6 cm³/mol. The standard InChI is InChI=1S/C13H17N3O2/c1-17-13-9-11(10-14)3-4-12(13)18-8-7-16-6-2-5-15-16/h2-6,9H,7-8,10,14H2,1H3. The van der Waals surface area contributed by atoms with Crippen molar-refractivity contribution in [3.8, 4) is 11.5 Å². The molecule has 96 valence electrons. The Bertz CT molecular complexity index is 483. The molecular formula is C13H17N3O2. The summed E-state index contributed by atoms with van der Waals surface area (Å²) in [4.78, 5) is 0. The molecule has 0 aliphatic heterocycles. The topological polar surface area (TPSA) is 62.3 Å². The van der Waals surface area contributed by atoms with Crippen LogP contribution in [0.5, 0.6) is 11.5 Å². The second-order valence-corrected chi connectivity index (χ2v) is 3.81. The number of rotatable bonds is 6. The molecule has 0 unspecified atom stereocenters. The van der Waals surface area contributed by atoms with E-state index in [0.29, 0.717) is 25.4 Å². The molecule has 0 aliphatic carbocycles. The zero-order valence-electron chi connectivity index (χ0n) is 10.4. The Balaban J connectivity index is 1.96. The second-order valence-electron chi connectivity index (χ2n) is 3.81. The number of hydrogen-bond donors (Lipinski definition) is 1. The van der Waals surface area contributed by atoms with Crippen molar-refractivity contribution in [2.75, 3.05) is 13.7 Å². The molecule has 18 heavy (non-hydrogen) atoms. The van der Waals surface area contributed by atoms with Gasteiger partial charge in [0.25, 0.3) is 0 Å². The normalized spacial score (nSPS) is 10.3. The molecule has 0 aliphatic rings. The van der Waals surface area contributed by atoms with Crippen LogP contribution in [0.3, 0.4) is 0 Å². The van der Waals surface area contributed by atoms with Gasteiger partial charge in [-0.1, -0.05) is 6.07 Å². The van der Waals surface area contributed by atoms with Crippen LogP contribution in [0.25, 0.3) is 0 Å². The van der Waals surface area contributed by atoms with Gasteiger partial charge in [-0.05, 0) is 23.8 Å². The maximum atomic E-state index is 5.67. The molecule has 2 aromatic rings. The van der Waals surface area contributed by atoms with Crippen molar-refractivity contribution in [1.82, 2.24) is 9.78 Å². The number of ether oxygens (including phenoxy) is 2. The van der Waals surface area contributed by atoms with Crippen LogP contribution in [0.1, 0.15) is 5.56 Å². The van der Waals surface area contributed by atoms with Gasteiger partial charge in [-0.3, -0.25) is 4.68 Å². The summed E-state index contributed by atoms with van der Waals surface area (Å²) < 4.78 is 12.8. The Morgan fingerprint density at radius 3 is 2.89 bits per heavy atom. The lowest BCUT2D eigenvalue weighted by molar-refractivity contribution is 0.274. The highest BCUT2D eigenvalue weighted by Gasteiger charge is 2.05. The maximum Gasteiger partial charge on any atom is 0.161 e. The largest absolute Gasteiger partial charge is 0.493 e. The first-order valence-corrected chi connectivity index (χ1v) is 5.80. The van der Waals surface area contributed by atoms with Crippen LogP contribution < -0.4 is 15.2 Å². The minimum absolute atomic E-state index is 0.490. The van der Waals surface area contributed by atoms with Gasteiger partial charge in [-0.15, -0.1) is 0 Å². The van der Waals surface area contributed by atoms with Crippen molar-refractivity contribution in [3.63, 3.8) is 0 Å². The summed E-state index contributed by atoms with van der Waals surface area (Å²) in [5, 5.41) is 4.11. The molecule has 0 spiro atoms. The molecule has 2 rings (SSSR count). The first kappa shape index (κ1) is 12.4. The molecule has 1 aromatic heterocycles. The number of nitrogens with zero attached hydrogens (tertiary/aromatic N) is 2. The fourth-order valence-electron chi connectivity index (χ4n) is 1.64. The highest BCUT2D eigenvalue weighted by Crippen LogP contribution is 2.27. The number of benzene rings is 1. The third-order valence-corrected chi connectivity index (χ3v) is 2.60. The van der Waals surface area contributed by atoms with Gasteiger partial charge in [0.1, 0.15) is 6.61 Å². The van der Waals surface area contributed by atoms with Crippen molar-refractivity contribution < 1.29 is 9.47 Å². The minimum Gasteiger partial charge on any atom is -0.493 e. The predicted octanol–water partition coefficient (Wildman–Crippen LogP) is 1.43. The van der Waals surface area contributed by atoms with Crippen LogP contribution in [0.15, 0.2) is 36.7 Å². The first-order valence-electron chi connectivity index (χ1n) is 5.80. The molecule has 0 saturated carbocycles. The summed E-state index contributed by atoms with van der Waals surface area (Å²) in [6, 6.07) is 7.59. The van der Waals surface area contributed by atoms with Crippen LogP contribution in [0.2, 0.25) is 0 Å². The summed E-state index contributed by atoms with van der Waals surface area (Å²) in [6.07, 6.45) is 3.65. The van der Waals surface area contributed by atoms with Crippen molar-refractivity contribution >= 4 is 0 Å². The number of aromatic nitrogens is 2. The molecule has 0 fully saturated rings. The Morgan fingerprint density at radius 2 is 2.22 bits per heavy atom. The van der Waals surface area contributed by atoms with Crippen molar-refractivity contribution in [2.24, 2.45) is 5.73 Å². The fraction of sp³-hybridized carbons (Fsp3) is 0.308. The number of nitrogens with two attached hydrogens (primary N) is 1. The molecule has 0 atom stereocenters. The first-order chi connectivity index (χ1) is 8.83. The van der Waals surface area contributed by atoms with Gasteiger partial charge < -0.3 is 15.2 Å². The van der Waals surface area contributed by atoms with Crippen molar-refractivity contribution in [2.45, 2.75) is 13.1 Å². The van der Waals surface area contributed by atoms with E-state index >= 15 is 0 Å². The van der Waals surface area contributed by atoms with Crippen molar-refractivity contribution in [3.05, 3.63) is 42.2 Å². The van der Waals surface area contributed by atoms with Gasteiger partial charge in [0.05, 0.1) is 13.7 Å². The van der Waals surface area contributed by atoms with Gasteiger partial charge in [-0.2, -0.15) is 5.10 Å². The third-order valence-electron chi connectivity index (χ3n) is 2.60. The van der Waals surface area contributed by atoms with Crippen molar-refractivity contribution in [1.29, 1.82) is 0 Å². The SMILES string of the molecule is COc1cc(CN)ccc1OCCn1cccn1. The smallest absolute Gasteiger partial charge is 0.161 e. The van der Waals surface area contributed by atoms with E-state index < -0.39 is 0 Å². The summed E-state index contributed by atoms with van der Waals surface area (Å²) >= 11 is 0. The Hall–Kier alpha value is -2.01. The molecule has 5 heteroatoms. The van der Waals surface area contributed by atoms with Crippen LogP contribution in [0, 0.1) is 0 Å². The fourth-order valence-corrected chi connectivity index (χ4v) is 1.64. The monoisotopic (exact) mass is 247 g/mol. The van der Waals surface area contributed by atoms with E-state index in [1.54, 1.807) is 13.3 Å². The van der Waals surface area contributed by atoms with Gasteiger partial charge >= 0.3 is 0 Å². The average molecular weight is 247 g/mol. The zero-order chi connectivity index (χ0) is 12.8. The van der Waals surface area contributed by atoms with Crippen LogP contribution >= 0.6 is 0 Å². The van der Waals surface area contributed by atoms with Crippen LogP contribution in [0.4, 0.5) is 0 Å². The molecule has 0 amide bonds. The average Bonchev–Trinajstić information content (AvgIpc) is 2.92. The highest BCUT2D eigenvalue weighted by atomic mass is 16.5. The second kappa shape index (κ2) is 6.07. The molecular weight excluding hydrogens is 230 g/mol. The van der Waals surface area contributed by atoms with E-state index in [9.17, 15) is 0 Å². The van der Waals surface area contributed by atoms with Crippen LogP contribution in [-0.4, -0.2) is 23.5 Å². The molecule has 1 aromatic carbocycles. The van der Waals surface area contributed by atoms with Gasteiger partial charge in [0.15, 0.2) is 11.5 Å². The third kappa shape index (κ3) is 3.01. The van der Waals surface area contributed by atoms with E-state index in [4.69, 9.17) is 15.2 Å². The van der Waals surface area contributed by atoms with E-state index in [-0.39, 0.29) is 0 Å². The minimum atomic E-state index is 0.490. The summed E-state index contributed by atoms with van der Waals surface area (Å²) in [5.41, 5.74) is 6.60.